The number of hydrogen-bond donors (Lipinski definition) is 0. The van der Waals surface area contributed by atoms with Gasteiger partial charge in [0.2, 0.25) is 5.76 Å². The van der Waals surface area contributed by atoms with Crippen LogP contribution in [-0.4, -0.2) is 45.9 Å². The van der Waals surface area contributed by atoms with E-state index in [2.05, 4.69) is 15.3 Å². The number of nitrogens with zero attached hydrogens (tertiary/aromatic N) is 4. The second kappa shape index (κ2) is 7.32. The van der Waals surface area contributed by atoms with Crippen molar-refractivity contribution in [3.05, 3.63) is 53.7 Å². The molecule has 1 aliphatic heterocycles. The molecule has 1 fully saturated rings. The van der Waals surface area contributed by atoms with Gasteiger partial charge in [0.25, 0.3) is 11.8 Å². The van der Waals surface area contributed by atoms with Gasteiger partial charge in [-0.15, -0.1) is 0 Å². The van der Waals surface area contributed by atoms with E-state index < -0.39 is 6.04 Å². The van der Waals surface area contributed by atoms with Crippen molar-refractivity contribution in [1.82, 2.24) is 20.2 Å². The predicted molar refractivity (Wildman–Crippen MR) is 94.9 cm³/mol. The lowest BCUT2D eigenvalue weighted by atomic mass is 10.1. The van der Waals surface area contributed by atoms with Crippen LogP contribution < -0.4 is 0 Å². The van der Waals surface area contributed by atoms with Gasteiger partial charge in [-0.05, 0) is 18.1 Å². The first-order valence-electron chi connectivity index (χ1n) is 8.88. The van der Waals surface area contributed by atoms with Crippen LogP contribution in [0.25, 0.3) is 11.5 Å². The van der Waals surface area contributed by atoms with Crippen molar-refractivity contribution in [3.63, 3.8) is 0 Å². The van der Waals surface area contributed by atoms with Crippen LogP contribution in [0.5, 0.6) is 0 Å². The molecule has 140 valence electrons. The molecule has 3 heterocycles. The van der Waals surface area contributed by atoms with E-state index in [9.17, 15) is 4.79 Å². The third-order valence-corrected chi connectivity index (χ3v) is 4.48. The number of ether oxygens (including phenoxy) is 1. The molecule has 4 rings (SSSR count). The average molecular weight is 368 g/mol. The molecule has 27 heavy (non-hydrogen) atoms. The molecule has 3 aromatic rings. The maximum Gasteiger partial charge on any atom is 0.293 e. The molecule has 1 atom stereocenters. The van der Waals surface area contributed by atoms with Gasteiger partial charge in [-0.1, -0.05) is 42.4 Å². The van der Waals surface area contributed by atoms with Gasteiger partial charge in [0, 0.05) is 18.2 Å². The summed E-state index contributed by atoms with van der Waals surface area (Å²) in [6, 6.07) is 10.7. The standard InChI is InChI=1S/C19H20N4O4/c1-12(2)14-10-16(26-21-14)19(24)23-8-9-25-11-15(23)17-20-18(27-22-17)13-6-4-3-5-7-13/h3-7,10,12,15H,8-9,11H2,1-2H3. The Kier molecular flexibility index (Phi) is 4.72. The summed E-state index contributed by atoms with van der Waals surface area (Å²) in [7, 11) is 0. The lowest BCUT2D eigenvalue weighted by Gasteiger charge is -2.32. The summed E-state index contributed by atoms with van der Waals surface area (Å²) in [4.78, 5) is 19.1. The monoisotopic (exact) mass is 368 g/mol. The first-order chi connectivity index (χ1) is 13.1. The molecule has 2 aromatic heterocycles. The Morgan fingerprint density at radius 3 is 2.74 bits per heavy atom. The lowest BCUT2D eigenvalue weighted by Crippen LogP contribution is -2.43. The Morgan fingerprint density at radius 2 is 2.00 bits per heavy atom. The summed E-state index contributed by atoms with van der Waals surface area (Å²) in [5.41, 5.74) is 1.57. The molecule has 1 amide bonds. The highest BCUT2D eigenvalue weighted by molar-refractivity contribution is 5.91. The van der Waals surface area contributed by atoms with E-state index in [-0.39, 0.29) is 17.6 Å². The van der Waals surface area contributed by atoms with E-state index in [0.717, 1.165) is 11.3 Å². The Labute approximate surface area is 156 Å². The van der Waals surface area contributed by atoms with Gasteiger partial charge in [0.05, 0.1) is 18.9 Å². The normalized spacial score (nSPS) is 17.4. The van der Waals surface area contributed by atoms with Crippen molar-refractivity contribution in [2.45, 2.75) is 25.8 Å². The SMILES string of the molecule is CC(C)c1cc(C(=O)N2CCOCC2c2noc(-c3ccccc3)n2)on1. The van der Waals surface area contributed by atoms with Crippen molar-refractivity contribution in [2.24, 2.45) is 0 Å². The highest BCUT2D eigenvalue weighted by atomic mass is 16.5. The molecule has 8 heteroatoms. The molecule has 1 saturated heterocycles. The number of carbonyl (C=O) groups excluding carboxylic acids is 1. The summed E-state index contributed by atoms with van der Waals surface area (Å²) < 4.78 is 16.2. The van der Waals surface area contributed by atoms with Gasteiger partial charge in [0.1, 0.15) is 6.04 Å². The highest BCUT2D eigenvalue weighted by Gasteiger charge is 2.34. The number of rotatable bonds is 4. The van der Waals surface area contributed by atoms with Crippen LogP contribution in [0.1, 0.15) is 47.9 Å². The number of carbonyl (C=O) groups is 1. The summed E-state index contributed by atoms with van der Waals surface area (Å²) in [6.07, 6.45) is 0. The van der Waals surface area contributed by atoms with Crippen LogP contribution in [0.4, 0.5) is 0 Å². The van der Waals surface area contributed by atoms with Crippen LogP contribution in [0, 0.1) is 0 Å². The number of benzene rings is 1. The van der Waals surface area contributed by atoms with Gasteiger partial charge in [-0.2, -0.15) is 4.98 Å². The summed E-state index contributed by atoms with van der Waals surface area (Å²) in [5.74, 6) is 0.948. The third kappa shape index (κ3) is 3.48. The molecular weight excluding hydrogens is 348 g/mol. The quantitative estimate of drug-likeness (QED) is 0.698. The van der Waals surface area contributed by atoms with Gasteiger partial charge in [-0.3, -0.25) is 4.79 Å². The molecular formula is C19H20N4O4. The number of amides is 1. The van der Waals surface area contributed by atoms with Crippen LogP contribution >= 0.6 is 0 Å². The fraction of sp³-hybridized carbons (Fsp3) is 0.368. The van der Waals surface area contributed by atoms with Crippen LogP contribution in [-0.2, 0) is 4.74 Å². The van der Waals surface area contributed by atoms with Crippen molar-refractivity contribution < 1.29 is 18.6 Å². The molecule has 0 radical (unpaired) electrons. The van der Waals surface area contributed by atoms with Gasteiger partial charge in [-0.25, -0.2) is 0 Å². The van der Waals surface area contributed by atoms with Gasteiger partial charge in [0.15, 0.2) is 5.82 Å². The van der Waals surface area contributed by atoms with Crippen LogP contribution in [0.3, 0.4) is 0 Å². The summed E-state index contributed by atoms with van der Waals surface area (Å²) in [5, 5.41) is 8.04. The van der Waals surface area contributed by atoms with E-state index in [0.29, 0.717) is 31.5 Å². The Morgan fingerprint density at radius 1 is 1.19 bits per heavy atom. The Hall–Kier alpha value is -3.00. The largest absolute Gasteiger partial charge is 0.377 e. The third-order valence-electron chi connectivity index (χ3n) is 4.48. The van der Waals surface area contributed by atoms with Gasteiger partial charge < -0.3 is 18.7 Å². The molecule has 0 N–H and O–H groups in total. The minimum absolute atomic E-state index is 0.182. The second-order valence-electron chi connectivity index (χ2n) is 6.68. The molecule has 1 aromatic carbocycles. The molecule has 1 unspecified atom stereocenters. The molecule has 0 bridgehead atoms. The second-order valence-corrected chi connectivity index (χ2v) is 6.68. The first kappa shape index (κ1) is 17.4. The highest BCUT2D eigenvalue weighted by Crippen LogP contribution is 2.27. The first-order valence-corrected chi connectivity index (χ1v) is 8.88. The lowest BCUT2D eigenvalue weighted by molar-refractivity contribution is -0.00766. The zero-order valence-electron chi connectivity index (χ0n) is 15.2. The average Bonchev–Trinajstić information content (AvgIpc) is 3.38. The van der Waals surface area contributed by atoms with E-state index >= 15 is 0 Å². The zero-order chi connectivity index (χ0) is 18.8. The maximum atomic E-state index is 12.9. The number of morpholine rings is 1. The molecule has 0 saturated carbocycles. The smallest absolute Gasteiger partial charge is 0.293 e. The van der Waals surface area contributed by atoms with E-state index in [1.165, 1.54) is 0 Å². The van der Waals surface area contributed by atoms with Crippen molar-refractivity contribution in [2.75, 3.05) is 19.8 Å². The van der Waals surface area contributed by atoms with Crippen molar-refractivity contribution in [3.8, 4) is 11.5 Å². The van der Waals surface area contributed by atoms with Crippen LogP contribution in [0.15, 0.2) is 45.4 Å². The van der Waals surface area contributed by atoms with Crippen molar-refractivity contribution >= 4 is 5.91 Å². The molecule has 0 aliphatic carbocycles. The Balaban J connectivity index is 1.59. The topological polar surface area (TPSA) is 94.5 Å². The maximum absolute atomic E-state index is 12.9. The van der Waals surface area contributed by atoms with Crippen molar-refractivity contribution in [1.29, 1.82) is 0 Å². The fourth-order valence-corrected chi connectivity index (χ4v) is 2.93. The molecule has 0 spiro atoms. The molecule has 8 nitrogen and oxygen atoms in total. The fourth-order valence-electron chi connectivity index (χ4n) is 2.93. The van der Waals surface area contributed by atoms with Crippen LogP contribution in [0.2, 0.25) is 0 Å². The van der Waals surface area contributed by atoms with E-state index in [1.807, 2.05) is 44.2 Å². The van der Waals surface area contributed by atoms with Gasteiger partial charge >= 0.3 is 0 Å². The zero-order valence-corrected chi connectivity index (χ0v) is 15.2. The number of hydrogen-bond acceptors (Lipinski definition) is 7. The predicted octanol–water partition coefficient (Wildman–Crippen LogP) is 3.06. The van der Waals surface area contributed by atoms with E-state index in [1.54, 1.807) is 11.0 Å². The molecule has 1 aliphatic rings. The minimum Gasteiger partial charge on any atom is -0.377 e. The Bertz CT molecular complexity index is 919. The number of aromatic nitrogens is 3. The minimum atomic E-state index is -0.444. The van der Waals surface area contributed by atoms with E-state index in [4.69, 9.17) is 13.8 Å². The summed E-state index contributed by atoms with van der Waals surface area (Å²) >= 11 is 0. The summed E-state index contributed by atoms with van der Waals surface area (Å²) in [6.45, 7) is 5.14.